The molecule has 2 aromatic heterocycles. The number of thiazole rings is 1. The predicted molar refractivity (Wildman–Crippen MR) is 233 cm³/mol. The van der Waals surface area contributed by atoms with Gasteiger partial charge >= 0.3 is 0 Å². The number of furan rings is 1. The molecule has 3 nitrogen and oxygen atoms in total. The number of para-hydroxylation sites is 2. The number of hydrogen-bond acceptors (Lipinski definition) is 4. The first-order chi connectivity index (χ1) is 27.3. The van der Waals surface area contributed by atoms with E-state index in [2.05, 4.69) is 181 Å². The van der Waals surface area contributed by atoms with E-state index in [1.807, 2.05) is 18.2 Å². The Morgan fingerprint density at radius 3 is 1.76 bits per heavy atom. The van der Waals surface area contributed by atoms with Gasteiger partial charge in [0.15, 0.2) is 0 Å². The number of nitrogens with zero attached hydrogens (tertiary/aromatic N) is 2. The number of hydrogen-bond donors (Lipinski definition) is 0. The lowest BCUT2D eigenvalue weighted by Crippen LogP contribution is -2.09. The molecule has 0 amide bonds. The van der Waals surface area contributed by atoms with Crippen LogP contribution in [0.25, 0.3) is 86.5 Å². The van der Waals surface area contributed by atoms with Crippen LogP contribution in [-0.2, 0) is 0 Å². The molecule has 4 heteroatoms. The second-order valence-electron chi connectivity index (χ2n) is 13.9. The topological polar surface area (TPSA) is 29.3 Å². The maximum absolute atomic E-state index is 6.64. The summed E-state index contributed by atoms with van der Waals surface area (Å²) in [6.45, 7) is 0. The predicted octanol–water partition coefficient (Wildman–Crippen LogP) is 15.0. The molecule has 0 N–H and O–H groups in total. The van der Waals surface area contributed by atoms with Gasteiger partial charge in [0.1, 0.15) is 16.2 Å². The van der Waals surface area contributed by atoms with Crippen molar-refractivity contribution in [2.45, 2.75) is 0 Å². The fourth-order valence-electron chi connectivity index (χ4n) is 8.09. The summed E-state index contributed by atoms with van der Waals surface area (Å²) >= 11 is 1.72. The zero-order valence-electron chi connectivity index (χ0n) is 29.7. The van der Waals surface area contributed by atoms with Gasteiger partial charge in [-0.3, -0.25) is 0 Å². The summed E-state index contributed by atoms with van der Waals surface area (Å²) in [6, 6.07) is 69.1. The second-order valence-corrected chi connectivity index (χ2v) is 14.9. The van der Waals surface area contributed by atoms with Crippen LogP contribution in [0, 0.1) is 0 Å². The first kappa shape index (κ1) is 31.5. The fourth-order valence-corrected chi connectivity index (χ4v) is 9.21. The Morgan fingerprint density at radius 2 is 1.02 bits per heavy atom. The standard InChI is InChI=1S/C51H32N2OS/c1-3-13-35(14-4-1)51-52-46-32-45-43-21-11-12-22-47(43)54-49(45)48(50(46)55-51)34-25-29-39(30-26-34)53(37-16-5-2-6-17-37)38-27-23-33(24-28-38)44-31-36-15-7-8-18-40(36)41-19-9-10-20-42(41)44/h1-32H. The third-order valence-corrected chi connectivity index (χ3v) is 11.8. The van der Waals surface area contributed by atoms with E-state index in [9.17, 15) is 0 Å². The van der Waals surface area contributed by atoms with E-state index in [4.69, 9.17) is 9.40 Å². The lowest BCUT2D eigenvalue weighted by molar-refractivity contribution is 0.670. The molecule has 2 heterocycles. The van der Waals surface area contributed by atoms with Crippen molar-refractivity contribution in [2.24, 2.45) is 0 Å². The normalized spacial score (nSPS) is 11.6. The van der Waals surface area contributed by atoms with Gasteiger partial charge in [-0.2, -0.15) is 0 Å². The average molecular weight is 721 g/mol. The summed E-state index contributed by atoms with van der Waals surface area (Å²) in [4.78, 5) is 7.48. The Hall–Kier alpha value is -7.01. The van der Waals surface area contributed by atoms with Crippen LogP contribution < -0.4 is 4.90 Å². The third kappa shape index (κ3) is 5.30. The van der Waals surface area contributed by atoms with Crippen molar-refractivity contribution in [2.75, 3.05) is 4.90 Å². The number of anilines is 3. The zero-order valence-corrected chi connectivity index (χ0v) is 30.5. The highest BCUT2D eigenvalue weighted by molar-refractivity contribution is 7.22. The summed E-state index contributed by atoms with van der Waals surface area (Å²) in [5.74, 6) is 0. The molecule has 0 aliphatic heterocycles. The van der Waals surface area contributed by atoms with Crippen molar-refractivity contribution in [1.82, 2.24) is 4.98 Å². The van der Waals surface area contributed by atoms with Crippen molar-refractivity contribution in [3.05, 3.63) is 194 Å². The lowest BCUT2D eigenvalue weighted by atomic mass is 9.93. The zero-order chi connectivity index (χ0) is 36.3. The van der Waals surface area contributed by atoms with Crippen LogP contribution in [0.3, 0.4) is 0 Å². The summed E-state index contributed by atoms with van der Waals surface area (Å²) < 4.78 is 7.76. The average Bonchev–Trinajstić information content (AvgIpc) is 3.85. The van der Waals surface area contributed by atoms with E-state index in [0.29, 0.717) is 0 Å². The molecule has 0 atom stereocenters. The molecule has 258 valence electrons. The molecule has 0 fully saturated rings. The summed E-state index contributed by atoms with van der Waals surface area (Å²) in [5.41, 5.74) is 11.7. The lowest BCUT2D eigenvalue weighted by Gasteiger charge is -2.26. The molecule has 0 spiro atoms. The van der Waals surface area contributed by atoms with Crippen LogP contribution in [-0.4, -0.2) is 4.98 Å². The molecule has 9 aromatic carbocycles. The first-order valence-electron chi connectivity index (χ1n) is 18.5. The first-order valence-corrected chi connectivity index (χ1v) is 19.4. The van der Waals surface area contributed by atoms with Crippen molar-refractivity contribution >= 4 is 82.1 Å². The number of fused-ring (bicyclic) bond motifs is 7. The van der Waals surface area contributed by atoms with Gasteiger partial charge < -0.3 is 9.32 Å². The molecule has 11 aromatic rings. The van der Waals surface area contributed by atoms with Gasteiger partial charge in [-0.25, -0.2) is 4.98 Å². The van der Waals surface area contributed by atoms with E-state index < -0.39 is 0 Å². The highest BCUT2D eigenvalue weighted by Crippen LogP contribution is 2.46. The molecular formula is C51H32N2OS. The van der Waals surface area contributed by atoms with Gasteiger partial charge in [0.2, 0.25) is 0 Å². The van der Waals surface area contributed by atoms with Crippen molar-refractivity contribution in [3.8, 4) is 32.8 Å². The van der Waals surface area contributed by atoms with Crippen LogP contribution >= 0.6 is 11.3 Å². The fraction of sp³-hybridized carbons (Fsp3) is 0. The van der Waals surface area contributed by atoms with E-state index in [1.54, 1.807) is 11.3 Å². The van der Waals surface area contributed by atoms with Crippen LogP contribution in [0.4, 0.5) is 17.1 Å². The van der Waals surface area contributed by atoms with Gasteiger partial charge in [-0.15, -0.1) is 11.3 Å². The molecule has 0 aliphatic rings. The Bertz CT molecular complexity index is 3180. The van der Waals surface area contributed by atoms with E-state index in [0.717, 1.165) is 70.9 Å². The van der Waals surface area contributed by atoms with Crippen LogP contribution in [0.5, 0.6) is 0 Å². The number of aromatic nitrogens is 1. The SMILES string of the molecule is c1ccc(-c2nc3cc4c(oc5ccccc54)c(-c4ccc(N(c5ccccc5)c5ccc(-c6cc7ccccc7c7ccccc67)cc5)cc4)c3s2)cc1. The molecule has 0 saturated carbocycles. The Kier molecular flexibility index (Phi) is 7.35. The Labute approximate surface area is 322 Å². The largest absolute Gasteiger partial charge is 0.455 e. The monoisotopic (exact) mass is 720 g/mol. The Morgan fingerprint density at radius 1 is 0.436 bits per heavy atom. The molecule has 0 aliphatic carbocycles. The summed E-state index contributed by atoms with van der Waals surface area (Å²) in [7, 11) is 0. The minimum Gasteiger partial charge on any atom is -0.455 e. The second kappa shape index (κ2) is 12.8. The number of rotatable bonds is 6. The van der Waals surface area contributed by atoms with Gasteiger partial charge in [-0.05, 0) is 92.8 Å². The van der Waals surface area contributed by atoms with Gasteiger partial charge in [0.05, 0.1) is 10.2 Å². The van der Waals surface area contributed by atoms with Crippen molar-refractivity contribution in [3.63, 3.8) is 0 Å². The molecule has 0 bridgehead atoms. The van der Waals surface area contributed by atoms with Gasteiger partial charge in [0.25, 0.3) is 0 Å². The summed E-state index contributed by atoms with van der Waals surface area (Å²) in [5, 5.41) is 8.24. The highest BCUT2D eigenvalue weighted by Gasteiger charge is 2.21. The maximum atomic E-state index is 6.64. The van der Waals surface area contributed by atoms with Crippen LogP contribution in [0.2, 0.25) is 0 Å². The van der Waals surface area contributed by atoms with Crippen LogP contribution in [0.15, 0.2) is 199 Å². The molecule has 0 saturated heterocycles. The summed E-state index contributed by atoms with van der Waals surface area (Å²) in [6.07, 6.45) is 0. The molecule has 11 rings (SSSR count). The highest BCUT2D eigenvalue weighted by atomic mass is 32.1. The van der Waals surface area contributed by atoms with Gasteiger partial charge in [-0.1, -0.05) is 140 Å². The smallest absolute Gasteiger partial charge is 0.144 e. The minimum absolute atomic E-state index is 0.881. The Balaban J connectivity index is 1.03. The molecular weight excluding hydrogens is 689 g/mol. The number of benzene rings is 9. The quantitative estimate of drug-likeness (QED) is 0.160. The van der Waals surface area contributed by atoms with Gasteiger partial charge in [0, 0.05) is 39.0 Å². The van der Waals surface area contributed by atoms with Crippen molar-refractivity contribution < 1.29 is 4.42 Å². The van der Waals surface area contributed by atoms with E-state index in [1.165, 1.54) is 32.7 Å². The third-order valence-electron chi connectivity index (χ3n) is 10.7. The molecule has 55 heavy (non-hydrogen) atoms. The molecule has 0 unspecified atom stereocenters. The van der Waals surface area contributed by atoms with E-state index in [-0.39, 0.29) is 0 Å². The molecule has 0 radical (unpaired) electrons. The van der Waals surface area contributed by atoms with Crippen LogP contribution in [0.1, 0.15) is 0 Å². The minimum atomic E-state index is 0.881. The maximum Gasteiger partial charge on any atom is 0.144 e. The van der Waals surface area contributed by atoms with E-state index >= 15 is 0 Å². The van der Waals surface area contributed by atoms with Crippen molar-refractivity contribution in [1.29, 1.82) is 0 Å².